The maximum Gasteiger partial charge on any atom is 0.433 e. The van der Waals surface area contributed by atoms with Gasteiger partial charge in [0.15, 0.2) is 0 Å². The zero-order valence-electron chi connectivity index (χ0n) is 18.0. The highest BCUT2D eigenvalue weighted by Crippen LogP contribution is 2.30. The lowest BCUT2D eigenvalue weighted by molar-refractivity contribution is -0.141. The lowest BCUT2D eigenvalue weighted by atomic mass is 9.99. The number of pyridine rings is 1. The van der Waals surface area contributed by atoms with Crippen molar-refractivity contribution >= 4 is 21.6 Å². The Morgan fingerprint density at radius 2 is 1.94 bits per heavy atom. The van der Waals surface area contributed by atoms with Gasteiger partial charge in [0.05, 0.1) is 17.9 Å². The van der Waals surface area contributed by atoms with Crippen molar-refractivity contribution < 1.29 is 35.5 Å². The second kappa shape index (κ2) is 10.6. The van der Waals surface area contributed by atoms with Gasteiger partial charge in [-0.1, -0.05) is 18.2 Å². The molecule has 0 aliphatic rings. The summed E-state index contributed by atoms with van der Waals surface area (Å²) in [5.74, 6) is -2.48. The minimum absolute atomic E-state index is 0.00466. The summed E-state index contributed by atoms with van der Waals surface area (Å²) >= 11 is 0. The molecule has 0 fully saturated rings. The molecule has 0 bridgehead atoms. The molecule has 0 spiro atoms. The van der Waals surface area contributed by atoms with E-state index in [1.165, 1.54) is 19.1 Å². The summed E-state index contributed by atoms with van der Waals surface area (Å²) in [6.45, 7) is 3.05. The average molecular weight is 489 g/mol. The number of halogens is 4. The Morgan fingerprint density at radius 1 is 1.24 bits per heavy atom. The molecule has 2 N–H and O–H groups in total. The van der Waals surface area contributed by atoms with Gasteiger partial charge < -0.3 is 10.1 Å². The molecule has 0 saturated heterocycles. The lowest BCUT2D eigenvalue weighted by Gasteiger charge is -2.16. The Bertz CT molecular complexity index is 1130. The monoisotopic (exact) mass is 489 g/mol. The Kier molecular flexibility index (Phi) is 8.42. The van der Waals surface area contributed by atoms with Crippen LogP contribution in [0.2, 0.25) is 0 Å². The first kappa shape index (κ1) is 26.1. The average Bonchev–Trinajstić information content (AvgIpc) is 2.72. The van der Waals surface area contributed by atoms with Crippen molar-refractivity contribution in [1.29, 1.82) is 0 Å². The first-order chi connectivity index (χ1) is 15.3. The summed E-state index contributed by atoms with van der Waals surface area (Å²) in [5, 5.41) is 2.57. The summed E-state index contributed by atoms with van der Waals surface area (Å²) < 4.78 is 83.0. The summed E-state index contributed by atoms with van der Waals surface area (Å²) in [7, 11) is -3.68. The second-order valence-corrected chi connectivity index (χ2v) is 8.84. The molecule has 2 aromatic rings. The number of sulfonamides is 1. The van der Waals surface area contributed by atoms with Gasteiger partial charge in [-0.25, -0.2) is 17.8 Å². The maximum atomic E-state index is 14.2. The minimum Gasteiger partial charge on any atom is -0.473 e. The van der Waals surface area contributed by atoms with E-state index in [9.17, 15) is 30.8 Å². The Hall–Kier alpha value is -3.15. The number of amides is 1. The molecule has 1 unspecified atom stereocenters. The highest BCUT2D eigenvalue weighted by Gasteiger charge is 2.33. The molecule has 0 aliphatic carbocycles. The van der Waals surface area contributed by atoms with Crippen molar-refractivity contribution in [1.82, 2.24) is 10.3 Å². The van der Waals surface area contributed by atoms with Crippen LogP contribution in [-0.2, 0) is 27.5 Å². The molecule has 0 saturated carbocycles. The third kappa shape index (κ3) is 7.74. The van der Waals surface area contributed by atoms with Gasteiger partial charge in [0.2, 0.25) is 21.8 Å². The summed E-state index contributed by atoms with van der Waals surface area (Å²) in [6, 6.07) is 5.57. The normalized spacial score (nSPS) is 13.1. The number of alkyl halides is 3. The standard InChI is InChI=1S/C21H23F4N3O4S/c1-4-5-10-32-20-15(7-9-18(27-20)21(23,24)25)12-26-19(29)13(2)14-6-8-17(16(22)11-14)28-33(3,30)31/h4-9,11,13,28H,10,12H2,1-3H3,(H,26,29). The van der Waals surface area contributed by atoms with Gasteiger partial charge in [-0.05, 0) is 43.7 Å². The molecule has 180 valence electrons. The molecule has 0 aliphatic heterocycles. The van der Waals surface area contributed by atoms with Crippen LogP contribution >= 0.6 is 0 Å². The van der Waals surface area contributed by atoms with Gasteiger partial charge in [0.25, 0.3) is 0 Å². The highest BCUT2D eigenvalue weighted by molar-refractivity contribution is 7.92. The summed E-state index contributed by atoms with van der Waals surface area (Å²) in [5.41, 5.74) is -0.876. The Balaban J connectivity index is 2.15. The van der Waals surface area contributed by atoms with E-state index in [1.54, 1.807) is 19.1 Å². The van der Waals surface area contributed by atoms with E-state index in [2.05, 4.69) is 10.3 Å². The fraction of sp³-hybridized carbons (Fsp3) is 0.333. The zero-order chi connectivity index (χ0) is 24.8. The van der Waals surface area contributed by atoms with Gasteiger partial charge in [-0.2, -0.15) is 13.2 Å². The molecular formula is C21H23F4N3O4S. The maximum absolute atomic E-state index is 14.2. The molecule has 33 heavy (non-hydrogen) atoms. The number of benzene rings is 1. The third-order valence-corrected chi connectivity index (χ3v) is 5.01. The largest absolute Gasteiger partial charge is 0.473 e. The van der Waals surface area contributed by atoms with E-state index >= 15 is 0 Å². The molecule has 1 aromatic heterocycles. The van der Waals surface area contributed by atoms with Crippen molar-refractivity contribution in [2.75, 3.05) is 17.6 Å². The van der Waals surface area contributed by atoms with E-state index in [1.807, 2.05) is 4.72 Å². The van der Waals surface area contributed by atoms with Gasteiger partial charge >= 0.3 is 6.18 Å². The number of hydrogen-bond donors (Lipinski definition) is 2. The fourth-order valence-corrected chi connectivity index (χ4v) is 3.24. The third-order valence-electron chi connectivity index (χ3n) is 4.42. The molecular weight excluding hydrogens is 466 g/mol. The van der Waals surface area contributed by atoms with Crippen molar-refractivity contribution in [3.63, 3.8) is 0 Å². The van der Waals surface area contributed by atoms with E-state index in [-0.39, 0.29) is 35.8 Å². The molecule has 1 amide bonds. The molecule has 2 rings (SSSR count). The Morgan fingerprint density at radius 3 is 2.52 bits per heavy atom. The number of ether oxygens (including phenoxy) is 1. The number of rotatable bonds is 9. The minimum atomic E-state index is -4.66. The quantitative estimate of drug-likeness (QED) is 0.410. The van der Waals surface area contributed by atoms with Crippen LogP contribution in [0.15, 0.2) is 42.5 Å². The molecule has 1 heterocycles. The number of anilines is 1. The van der Waals surface area contributed by atoms with Gasteiger partial charge in [0.1, 0.15) is 18.1 Å². The molecule has 1 atom stereocenters. The first-order valence-corrected chi connectivity index (χ1v) is 11.6. The molecule has 1 aromatic carbocycles. The number of carbonyl (C=O) groups excluding carboxylic acids is 1. The number of allylic oxidation sites excluding steroid dienone is 1. The van der Waals surface area contributed by atoms with Crippen molar-refractivity contribution in [3.8, 4) is 5.88 Å². The first-order valence-electron chi connectivity index (χ1n) is 9.68. The summed E-state index contributed by atoms with van der Waals surface area (Å²) in [4.78, 5) is 16.1. The van der Waals surface area contributed by atoms with Gasteiger partial charge in [-0.15, -0.1) is 0 Å². The van der Waals surface area contributed by atoms with Crippen LogP contribution in [0.5, 0.6) is 5.88 Å². The SMILES string of the molecule is CC=CCOc1nc(C(F)(F)F)ccc1CNC(=O)C(C)c1ccc(NS(C)(=O)=O)c(F)c1. The van der Waals surface area contributed by atoms with Gasteiger partial charge in [-0.3, -0.25) is 9.52 Å². The van der Waals surface area contributed by atoms with E-state index < -0.39 is 39.5 Å². The lowest BCUT2D eigenvalue weighted by Crippen LogP contribution is -2.28. The van der Waals surface area contributed by atoms with Crippen molar-refractivity contribution in [2.45, 2.75) is 32.5 Å². The highest BCUT2D eigenvalue weighted by atomic mass is 32.2. The second-order valence-electron chi connectivity index (χ2n) is 7.09. The molecule has 7 nitrogen and oxygen atoms in total. The predicted molar refractivity (Wildman–Crippen MR) is 115 cm³/mol. The van der Waals surface area contributed by atoms with Crippen LogP contribution in [-0.4, -0.2) is 32.2 Å². The van der Waals surface area contributed by atoms with Crippen molar-refractivity contribution in [2.24, 2.45) is 0 Å². The summed E-state index contributed by atoms with van der Waals surface area (Å²) in [6.07, 6.45) is -0.532. The van der Waals surface area contributed by atoms with Crippen molar-refractivity contribution in [3.05, 3.63) is 65.1 Å². The van der Waals surface area contributed by atoms with E-state index in [0.29, 0.717) is 0 Å². The van der Waals surface area contributed by atoms with E-state index in [4.69, 9.17) is 4.74 Å². The van der Waals surface area contributed by atoms with Crippen LogP contribution in [0.4, 0.5) is 23.2 Å². The topological polar surface area (TPSA) is 97.4 Å². The number of aromatic nitrogens is 1. The van der Waals surface area contributed by atoms with Crippen LogP contribution in [0.3, 0.4) is 0 Å². The van der Waals surface area contributed by atoms with E-state index in [0.717, 1.165) is 24.5 Å². The van der Waals surface area contributed by atoms with Crippen LogP contribution in [0.1, 0.15) is 36.6 Å². The number of nitrogens with one attached hydrogen (secondary N) is 2. The number of hydrogen-bond acceptors (Lipinski definition) is 5. The van der Waals surface area contributed by atoms with Crippen LogP contribution < -0.4 is 14.8 Å². The zero-order valence-corrected chi connectivity index (χ0v) is 18.8. The number of nitrogens with zero attached hydrogens (tertiary/aromatic N) is 1. The predicted octanol–water partition coefficient (Wildman–Crippen LogP) is 3.99. The smallest absolute Gasteiger partial charge is 0.433 e. The Labute approximate surface area is 188 Å². The number of carbonyl (C=O) groups is 1. The van der Waals surface area contributed by atoms with Gasteiger partial charge in [0, 0.05) is 12.1 Å². The van der Waals surface area contributed by atoms with Crippen LogP contribution in [0, 0.1) is 5.82 Å². The van der Waals surface area contributed by atoms with Crippen LogP contribution in [0.25, 0.3) is 0 Å². The molecule has 0 radical (unpaired) electrons. The fourth-order valence-electron chi connectivity index (χ4n) is 2.68. The molecule has 12 heteroatoms.